The van der Waals surface area contributed by atoms with Gasteiger partial charge in [0.1, 0.15) is 6.04 Å². The van der Waals surface area contributed by atoms with Crippen LogP contribution in [0.1, 0.15) is 31.9 Å². The third-order valence-corrected chi connectivity index (χ3v) is 4.89. The van der Waals surface area contributed by atoms with Gasteiger partial charge in [-0.15, -0.1) is 11.8 Å². The van der Waals surface area contributed by atoms with Gasteiger partial charge >= 0.3 is 0 Å². The number of nitrogens with zero attached hydrogens (tertiary/aromatic N) is 1. The molecule has 1 saturated heterocycles. The molecule has 2 amide bonds. The highest BCUT2D eigenvalue weighted by Crippen LogP contribution is 2.27. The van der Waals surface area contributed by atoms with Crippen LogP contribution >= 0.6 is 11.8 Å². The second kappa shape index (κ2) is 7.39. The fraction of sp³-hybridized carbons (Fsp3) is 0.556. The van der Waals surface area contributed by atoms with E-state index in [9.17, 15) is 9.59 Å². The van der Waals surface area contributed by atoms with Crippen LogP contribution in [-0.4, -0.2) is 40.9 Å². The minimum absolute atomic E-state index is 0.0414. The predicted octanol–water partition coefficient (Wildman–Crippen LogP) is 2.60. The third kappa shape index (κ3) is 4.74. The molecule has 0 saturated carbocycles. The van der Waals surface area contributed by atoms with Gasteiger partial charge in [-0.1, -0.05) is 50.6 Å². The fourth-order valence-electron chi connectivity index (χ4n) is 2.61. The van der Waals surface area contributed by atoms with E-state index < -0.39 is 5.41 Å². The Bertz CT molecular complexity index is 581. The molecular formula is C18H26N2O2S. The highest BCUT2D eigenvalue weighted by Gasteiger charge is 2.38. The van der Waals surface area contributed by atoms with Gasteiger partial charge in [-0.2, -0.15) is 0 Å². The van der Waals surface area contributed by atoms with E-state index in [1.165, 1.54) is 11.1 Å². The standard InChI is InChI=1S/C18H26N2O2S/c1-13-6-5-7-14(10-13)8-9-19-16(21)15-11-23-12-20(15)17(22)18(2,3)4/h5-7,10,15H,8-9,11-12H2,1-4H3,(H,19,21). The van der Waals surface area contributed by atoms with Crippen molar-refractivity contribution in [3.05, 3.63) is 35.4 Å². The Morgan fingerprint density at radius 1 is 1.35 bits per heavy atom. The van der Waals surface area contributed by atoms with Gasteiger partial charge in [-0.25, -0.2) is 0 Å². The second-order valence-electron chi connectivity index (χ2n) is 7.07. The topological polar surface area (TPSA) is 49.4 Å². The zero-order valence-corrected chi connectivity index (χ0v) is 15.2. The molecule has 1 aliphatic heterocycles. The van der Waals surface area contributed by atoms with Crippen molar-refractivity contribution < 1.29 is 9.59 Å². The Labute approximate surface area is 143 Å². The van der Waals surface area contributed by atoms with Crippen LogP contribution in [0, 0.1) is 12.3 Å². The molecule has 0 radical (unpaired) electrons. The molecule has 5 heteroatoms. The van der Waals surface area contributed by atoms with E-state index in [0.717, 1.165) is 6.42 Å². The number of carbonyl (C=O) groups is 2. The van der Waals surface area contributed by atoms with Crippen LogP contribution in [0.5, 0.6) is 0 Å². The van der Waals surface area contributed by atoms with Crippen molar-refractivity contribution in [2.24, 2.45) is 5.41 Å². The Kier molecular flexibility index (Phi) is 5.74. The van der Waals surface area contributed by atoms with Crippen molar-refractivity contribution in [1.29, 1.82) is 0 Å². The molecule has 23 heavy (non-hydrogen) atoms. The van der Waals surface area contributed by atoms with E-state index in [1.807, 2.05) is 26.8 Å². The average Bonchev–Trinajstić information content (AvgIpc) is 2.94. The Morgan fingerprint density at radius 2 is 2.09 bits per heavy atom. The Morgan fingerprint density at radius 3 is 2.74 bits per heavy atom. The summed E-state index contributed by atoms with van der Waals surface area (Å²) in [6, 6.07) is 7.95. The largest absolute Gasteiger partial charge is 0.354 e. The van der Waals surface area contributed by atoms with Gasteiger partial charge in [0.15, 0.2) is 0 Å². The minimum Gasteiger partial charge on any atom is -0.354 e. The number of benzene rings is 1. The van der Waals surface area contributed by atoms with Crippen LogP contribution in [0.25, 0.3) is 0 Å². The molecule has 2 rings (SSSR count). The Hall–Kier alpha value is -1.49. The van der Waals surface area contributed by atoms with Gasteiger partial charge in [-0.3, -0.25) is 9.59 Å². The van der Waals surface area contributed by atoms with Crippen molar-refractivity contribution in [2.45, 2.75) is 40.2 Å². The van der Waals surface area contributed by atoms with E-state index >= 15 is 0 Å². The van der Waals surface area contributed by atoms with Gasteiger partial charge in [0.05, 0.1) is 5.88 Å². The molecule has 0 aliphatic carbocycles. The number of hydrogen-bond acceptors (Lipinski definition) is 3. The molecule has 1 atom stereocenters. The molecule has 0 bridgehead atoms. The molecule has 1 aromatic rings. The number of carbonyl (C=O) groups excluding carboxylic acids is 2. The third-order valence-electron chi connectivity index (χ3n) is 3.88. The average molecular weight is 334 g/mol. The first kappa shape index (κ1) is 17.9. The first-order chi connectivity index (χ1) is 10.8. The summed E-state index contributed by atoms with van der Waals surface area (Å²) in [6.45, 7) is 8.34. The summed E-state index contributed by atoms with van der Waals surface area (Å²) < 4.78 is 0. The lowest BCUT2D eigenvalue weighted by Gasteiger charge is -2.29. The zero-order chi connectivity index (χ0) is 17.0. The Balaban J connectivity index is 1.88. The van der Waals surface area contributed by atoms with E-state index in [4.69, 9.17) is 0 Å². The lowest BCUT2D eigenvalue weighted by Crippen LogP contribution is -2.50. The van der Waals surface area contributed by atoms with Crippen LogP contribution in [0.4, 0.5) is 0 Å². The molecule has 1 aliphatic rings. The van der Waals surface area contributed by atoms with Crippen LogP contribution in [0.15, 0.2) is 24.3 Å². The van der Waals surface area contributed by atoms with Crippen LogP contribution in [0.2, 0.25) is 0 Å². The molecule has 1 aromatic carbocycles. The van der Waals surface area contributed by atoms with E-state index in [0.29, 0.717) is 18.2 Å². The summed E-state index contributed by atoms with van der Waals surface area (Å²) >= 11 is 1.64. The van der Waals surface area contributed by atoms with Crippen molar-refractivity contribution in [1.82, 2.24) is 10.2 Å². The molecule has 0 spiro atoms. The molecular weight excluding hydrogens is 308 g/mol. The lowest BCUT2D eigenvalue weighted by atomic mass is 9.94. The maximum atomic E-state index is 12.4. The van der Waals surface area contributed by atoms with Crippen molar-refractivity contribution >= 4 is 23.6 Å². The van der Waals surface area contributed by atoms with E-state index in [1.54, 1.807) is 16.7 Å². The molecule has 1 fully saturated rings. The first-order valence-electron chi connectivity index (χ1n) is 8.01. The van der Waals surface area contributed by atoms with Gasteiger partial charge in [0.2, 0.25) is 11.8 Å². The van der Waals surface area contributed by atoms with Gasteiger partial charge < -0.3 is 10.2 Å². The summed E-state index contributed by atoms with van der Waals surface area (Å²) in [4.78, 5) is 26.6. The quantitative estimate of drug-likeness (QED) is 0.921. The second-order valence-corrected chi connectivity index (χ2v) is 8.07. The van der Waals surface area contributed by atoms with E-state index in [-0.39, 0.29) is 17.9 Å². The minimum atomic E-state index is -0.453. The van der Waals surface area contributed by atoms with E-state index in [2.05, 4.69) is 30.4 Å². The summed E-state index contributed by atoms with van der Waals surface area (Å²) in [5.41, 5.74) is 1.99. The maximum Gasteiger partial charge on any atom is 0.243 e. The first-order valence-corrected chi connectivity index (χ1v) is 9.16. The number of amides is 2. The molecule has 4 nitrogen and oxygen atoms in total. The zero-order valence-electron chi connectivity index (χ0n) is 14.4. The highest BCUT2D eigenvalue weighted by atomic mass is 32.2. The number of nitrogens with one attached hydrogen (secondary N) is 1. The summed E-state index contributed by atoms with van der Waals surface area (Å²) in [5, 5.41) is 2.98. The monoisotopic (exact) mass is 334 g/mol. The van der Waals surface area contributed by atoms with Crippen LogP contribution in [-0.2, 0) is 16.0 Å². The number of hydrogen-bond donors (Lipinski definition) is 1. The smallest absolute Gasteiger partial charge is 0.243 e. The van der Waals surface area contributed by atoms with Gasteiger partial charge in [0, 0.05) is 17.7 Å². The molecule has 126 valence electrons. The summed E-state index contributed by atoms with van der Waals surface area (Å²) in [5.74, 6) is 1.28. The number of rotatable bonds is 4. The molecule has 0 aromatic heterocycles. The maximum absolute atomic E-state index is 12.4. The summed E-state index contributed by atoms with van der Waals surface area (Å²) in [7, 11) is 0. The molecule has 1 unspecified atom stereocenters. The number of aryl methyl sites for hydroxylation is 1. The van der Waals surface area contributed by atoms with Crippen molar-refractivity contribution in [3.8, 4) is 0 Å². The fourth-order valence-corrected chi connectivity index (χ4v) is 3.76. The van der Waals surface area contributed by atoms with Crippen LogP contribution in [0.3, 0.4) is 0 Å². The highest BCUT2D eigenvalue weighted by molar-refractivity contribution is 7.99. The SMILES string of the molecule is Cc1cccc(CCNC(=O)C2CSCN2C(=O)C(C)(C)C)c1. The van der Waals surface area contributed by atoms with Gasteiger partial charge in [-0.05, 0) is 18.9 Å². The normalized spacial score (nSPS) is 18.1. The van der Waals surface area contributed by atoms with Crippen LogP contribution < -0.4 is 5.32 Å². The molecule has 1 N–H and O–H groups in total. The predicted molar refractivity (Wildman–Crippen MR) is 95.3 cm³/mol. The van der Waals surface area contributed by atoms with Gasteiger partial charge in [0.25, 0.3) is 0 Å². The molecule has 1 heterocycles. The lowest BCUT2D eigenvalue weighted by molar-refractivity contribution is -0.144. The number of thioether (sulfide) groups is 1. The summed E-state index contributed by atoms with van der Waals surface area (Å²) in [6.07, 6.45) is 0.806. The van der Waals surface area contributed by atoms with Crippen molar-refractivity contribution in [2.75, 3.05) is 18.2 Å². The van der Waals surface area contributed by atoms with Crippen molar-refractivity contribution in [3.63, 3.8) is 0 Å².